The summed E-state index contributed by atoms with van der Waals surface area (Å²) in [6, 6.07) is 0. The molecule has 0 unspecified atom stereocenters. The van der Waals surface area contributed by atoms with E-state index in [1.807, 2.05) is 48.6 Å². The standard InChI is InChI=1S/C16H33N3O3.C2H6/c1-15(2,7-11-20)22-13-16(3,4)21-12-10-19-9-8-18(6)14(19)17-5;1-2/h20H,7-13H2,1-6H3;1-2H3. The summed E-state index contributed by atoms with van der Waals surface area (Å²) in [7, 11) is 3.89. The van der Waals surface area contributed by atoms with Crippen LogP contribution in [0.15, 0.2) is 4.99 Å². The van der Waals surface area contributed by atoms with E-state index in [1.165, 1.54) is 0 Å². The molecule has 144 valence electrons. The molecule has 0 spiro atoms. The van der Waals surface area contributed by atoms with Gasteiger partial charge in [-0.2, -0.15) is 0 Å². The molecule has 1 heterocycles. The zero-order chi connectivity index (χ0) is 18.8. The highest BCUT2D eigenvalue weighted by Crippen LogP contribution is 2.19. The monoisotopic (exact) mass is 345 g/mol. The van der Waals surface area contributed by atoms with E-state index in [0.29, 0.717) is 19.6 Å². The number of aliphatic hydroxyl groups is 1. The van der Waals surface area contributed by atoms with E-state index in [4.69, 9.17) is 14.6 Å². The summed E-state index contributed by atoms with van der Waals surface area (Å²) >= 11 is 0. The van der Waals surface area contributed by atoms with Crippen LogP contribution in [0.5, 0.6) is 0 Å². The Labute approximate surface area is 148 Å². The summed E-state index contributed by atoms with van der Waals surface area (Å²) in [5.41, 5.74) is -0.670. The Morgan fingerprint density at radius 3 is 2.25 bits per heavy atom. The van der Waals surface area contributed by atoms with Gasteiger partial charge in [0.1, 0.15) is 0 Å². The summed E-state index contributed by atoms with van der Waals surface area (Å²) in [6.45, 7) is 16.2. The van der Waals surface area contributed by atoms with Gasteiger partial charge in [0.05, 0.1) is 24.4 Å². The van der Waals surface area contributed by atoms with Crippen molar-refractivity contribution in [1.82, 2.24) is 9.80 Å². The molecule has 1 aliphatic rings. The number of rotatable bonds is 9. The lowest BCUT2D eigenvalue weighted by Gasteiger charge is -2.32. The Bertz CT molecular complexity index is 371. The van der Waals surface area contributed by atoms with Crippen LogP contribution in [0.4, 0.5) is 0 Å². The summed E-state index contributed by atoms with van der Waals surface area (Å²) in [4.78, 5) is 8.72. The van der Waals surface area contributed by atoms with Crippen LogP contribution in [-0.4, -0.2) is 85.6 Å². The first-order valence-electron chi connectivity index (χ1n) is 9.02. The number of hydrogen-bond donors (Lipinski definition) is 1. The fourth-order valence-corrected chi connectivity index (χ4v) is 2.42. The van der Waals surface area contributed by atoms with Crippen molar-refractivity contribution in [2.24, 2.45) is 4.99 Å². The maximum atomic E-state index is 9.03. The van der Waals surface area contributed by atoms with Gasteiger partial charge in [-0.3, -0.25) is 4.99 Å². The van der Waals surface area contributed by atoms with Crippen LogP contribution in [0.2, 0.25) is 0 Å². The molecule has 6 heteroatoms. The molecule has 1 rings (SSSR count). The molecule has 0 bridgehead atoms. The van der Waals surface area contributed by atoms with Gasteiger partial charge in [0, 0.05) is 40.3 Å². The SMILES string of the molecule is CC.CN=C1N(C)CCN1CCOC(C)(C)COC(C)(C)CCO. The first-order valence-corrected chi connectivity index (χ1v) is 9.02. The molecule has 0 atom stereocenters. The Kier molecular flexibility index (Phi) is 10.5. The summed E-state index contributed by atoms with van der Waals surface area (Å²) in [5, 5.41) is 9.03. The molecule has 1 aliphatic heterocycles. The van der Waals surface area contributed by atoms with Crippen molar-refractivity contribution in [2.75, 3.05) is 53.6 Å². The highest BCUT2D eigenvalue weighted by atomic mass is 16.6. The van der Waals surface area contributed by atoms with Crippen LogP contribution in [0.3, 0.4) is 0 Å². The maximum Gasteiger partial charge on any atom is 0.196 e. The molecular weight excluding hydrogens is 306 g/mol. The summed E-state index contributed by atoms with van der Waals surface area (Å²) < 4.78 is 11.9. The number of ether oxygens (including phenoxy) is 2. The zero-order valence-electron chi connectivity index (χ0n) is 17.1. The minimum absolute atomic E-state index is 0.135. The predicted octanol–water partition coefficient (Wildman–Crippen LogP) is 2.22. The van der Waals surface area contributed by atoms with E-state index in [-0.39, 0.29) is 17.8 Å². The Morgan fingerprint density at radius 2 is 1.71 bits per heavy atom. The first-order chi connectivity index (χ1) is 11.2. The number of guanidine groups is 1. The largest absolute Gasteiger partial charge is 0.396 e. The minimum Gasteiger partial charge on any atom is -0.396 e. The Hall–Kier alpha value is -0.850. The number of aliphatic imine (C=N–C) groups is 1. The number of likely N-dealkylation sites (N-methyl/N-ethyl adjacent to an activating group) is 1. The van der Waals surface area contributed by atoms with Gasteiger partial charge >= 0.3 is 0 Å². The molecule has 0 aliphatic carbocycles. The van der Waals surface area contributed by atoms with Crippen molar-refractivity contribution < 1.29 is 14.6 Å². The fraction of sp³-hybridized carbons (Fsp3) is 0.944. The van der Waals surface area contributed by atoms with Crippen molar-refractivity contribution in [1.29, 1.82) is 0 Å². The fourth-order valence-electron chi connectivity index (χ4n) is 2.42. The molecule has 0 saturated carbocycles. The quantitative estimate of drug-likeness (QED) is 0.694. The van der Waals surface area contributed by atoms with Gasteiger partial charge < -0.3 is 24.4 Å². The van der Waals surface area contributed by atoms with Crippen LogP contribution >= 0.6 is 0 Å². The van der Waals surface area contributed by atoms with Crippen LogP contribution in [0.1, 0.15) is 48.0 Å². The van der Waals surface area contributed by atoms with Gasteiger partial charge in [0.2, 0.25) is 0 Å². The van der Waals surface area contributed by atoms with Gasteiger partial charge in [-0.15, -0.1) is 0 Å². The molecule has 0 aromatic carbocycles. The summed E-state index contributed by atoms with van der Waals surface area (Å²) in [6.07, 6.45) is 0.625. The van der Waals surface area contributed by atoms with E-state index in [9.17, 15) is 0 Å². The highest BCUT2D eigenvalue weighted by molar-refractivity contribution is 5.81. The minimum atomic E-state index is -0.345. The van der Waals surface area contributed by atoms with Crippen molar-refractivity contribution in [2.45, 2.75) is 59.2 Å². The third-order valence-corrected chi connectivity index (χ3v) is 3.91. The molecule has 0 radical (unpaired) electrons. The number of nitrogens with zero attached hydrogens (tertiary/aromatic N) is 3. The molecule has 1 N–H and O–H groups in total. The van der Waals surface area contributed by atoms with E-state index in [1.54, 1.807) is 0 Å². The zero-order valence-corrected chi connectivity index (χ0v) is 17.1. The average Bonchev–Trinajstić information content (AvgIpc) is 2.87. The van der Waals surface area contributed by atoms with Crippen LogP contribution in [0, 0.1) is 0 Å². The molecule has 1 fully saturated rings. The normalized spacial score (nSPS) is 17.3. The third kappa shape index (κ3) is 8.31. The van der Waals surface area contributed by atoms with Crippen molar-refractivity contribution >= 4 is 5.96 Å². The molecule has 1 saturated heterocycles. The molecule has 24 heavy (non-hydrogen) atoms. The Balaban J connectivity index is 0.00000254. The second-order valence-electron chi connectivity index (χ2n) is 7.06. The van der Waals surface area contributed by atoms with Gasteiger partial charge in [-0.1, -0.05) is 13.8 Å². The second-order valence-corrected chi connectivity index (χ2v) is 7.06. The van der Waals surface area contributed by atoms with Gasteiger partial charge in [-0.25, -0.2) is 0 Å². The summed E-state index contributed by atoms with van der Waals surface area (Å²) in [5.74, 6) is 1.03. The molecule has 0 amide bonds. The van der Waals surface area contributed by atoms with Crippen LogP contribution in [-0.2, 0) is 9.47 Å². The smallest absolute Gasteiger partial charge is 0.196 e. The van der Waals surface area contributed by atoms with Gasteiger partial charge in [-0.05, 0) is 34.1 Å². The Morgan fingerprint density at radius 1 is 1.08 bits per heavy atom. The van der Waals surface area contributed by atoms with E-state index in [2.05, 4.69) is 21.8 Å². The topological polar surface area (TPSA) is 57.5 Å². The van der Waals surface area contributed by atoms with Crippen molar-refractivity contribution in [3.63, 3.8) is 0 Å². The van der Waals surface area contributed by atoms with Crippen molar-refractivity contribution in [3.8, 4) is 0 Å². The molecular formula is C18H39N3O3. The maximum absolute atomic E-state index is 9.03. The van der Waals surface area contributed by atoms with E-state index < -0.39 is 0 Å². The van der Waals surface area contributed by atoms with Crippen LogP contribution < -0.4 is 0 Å². The van der Waals surface area contributed by atoms with Gasteiger partial charge in [0.15, 0.2) is 5.96 Å². The van der Waals surface area contributed by atoms with Crippen LogP contribution in [0.25, 0.3) is 0 Å². The lowest BCUT2D eigenvalue weighted by Crippen LogP contribution is -2.40. The third-order valence-electron chi connectivity index (χ3n) is 3.91. The lowest BCUT2D eigenvalue weighted by atomic mass is 10.1. The second kappa shape index (κ2) is 10.9. The van der Waals surface area contributed by atoms with Gasteiger partial charge in [0.25, 0.3) is 0 Å². The molecule has 0 aromatic rings. The lowest BCUT2D eigenvalue weighted by molar-refractivity contribution is -0.125. The average molecular weight is 346 g/mol. The molecule has 0 aromatic heterocycles. The number of aliphatic hydroxyl groups excluding tert-OH is 1. The van der Waals surface area contributed by atoms with E-state index >= 15 is 0 Å². The van der Waals surface area contributed by atoms with Crippen molar-refractivity contribution in [3.05, 3.63) is 0 Å². The highest BCUT2D eigenvalue weighted by Gasteiger charge is 2.27. The predicted molar refractivity (Wildman–Crippen MR) is 101 cm³/mol. The first kappa shape index (κ1) is 23.1. The number of hydrogen-bond acceptors (Lipinski definition) is 4. The van der Waals surface area contributed by atoms with E-state index in [0.717, 1.165) is 25.6 Å². The molecule has 6 nitrogen and oxygen atoms in total.